The smallest absolute Gasteiger partial charge is 0.244 e. The Balaban J connectivity index is 1.99. The summed E-state index contributed by atoms with van der Waals surface area (Å²) in [5.41, 5.74) is 2.06. The molecule has 20 heavy (non-hydrogen) atoms. The summed E-state index contributed by atoms with van der Waals surface area (Å²) in [6, 6.07) is 7.76. The van der Waals surface area contributed by atoms with Gasteiger partial charge in [-0.05, 0) is 32.3 Å². The van der Waals surface area contributed by atoms with Crippen molar-refractivity contribution < 1.29 is 9.53 Å². The molecule has 4 nitrogen and oxygen atoms in total. The molecule has 1 unspecified atom stereocenters. The summed E-state index contributed by atoms with van der Waals surface area (Å²) in [6.07, 6.45) is 3.49. The van der Waals surface area contributed by atoms with Gasteiger partial charge in [-0.15, -0.1) is 0 Å². The summed E-state index contributed by atoms with van der Waals surface area (Å²) >= 11 is 0. The Bertz CT molecular complexity index is 442. The molecule has 4 heteroatoms. The van der Waals surface area contributed by atoms with Crippen LogP contribution in [-0.2, 0) is 16.1 Å². The maximum absolute atomic E-state index is 12.4. The number of para-hydroxylation sites is 1. The second-order valence-corrected chi connectivity index (χ2v) is 5.34. The molecule has 1 fully saturated rings. The van der Waals surface area contributed by atoms with E-state index < -0.39 is 0 Å². The number of rotatable bonds is 5. The number of ether oxygens (including phenoxy) is 1. The minimum atomic E-state index is -0.203. The number of anilines is 1. The summed E-state index contributed by atoms with van der Waals surface area (Å²) in [7, 11) is 1.68. The van der Waals surface area contributed by atoms with E-state index in [0.717, 1.165) is 37.2 Å². The Morgan fingerprint density at radius 2 is 2.00 bits per heavy atom. The van der Waals surface area contributed by atoms with E-state index in [1.165, 1.54) is 6.42 Å². The van der Waals surface area contributed by atoms with E-state index in [-0.39, 0.29) is 11.9 Å². The fourth-order valence-corrected chi connectivity index (χ4v) is 2.63. The summed E-state index contributed by atoms with van der Waals surface area (Å²) in [5.74, 6) is 0.192. The molecule has 0 radical (unpaired) electrons. The lowest BCUT2D eigenvalue weighted by molar-refractivity contribution is -0.132. The minimum Gasteiger partial charge on any atom is -0.380 e. The predicted octanol–water partition coefficient (Wildman–Crippen LogP) is 2.65. The number of hydrogen-bond donors (Lipinski definition) is 1. The highest BCUT2D eigenvalue weighted by atomic mass is 16.5. The van der Waals surface area contributed by atoms with Gasteiger partial charge in [0.05, 0.1) is 6.61 Å². The van der Waals surface area contributed by atoms with Gasteiger partial charge in [0.1, 0.15) is 6.04 Å². The Labute approximate surface area is 121 Å². The van der Waals surface area contributed by atoms with Crippen LogP contribution in [0.1, 0.15) is 31.7 Å². The number of piperidine rings is 1. The zero-order chi connectivity index (χ0) is 14.4. The number of hydrogen-bond acceptors (Lipinski definition) is 3. The molecule has 1 aromatic carbocycles. The Kier molecular flexibility index (Phi) is 5.41. The van der Waals surface area contributed by atoms with Crippen LogP contribution >= 0.6 is 0 Å². The van der Waals surface area contributed by atoms with Gasteiger partial charge in [0.25, 0.3) is 0 Å². The van der Waals surface area contributed by atoms with E-state index in [4.69, 9.17) is 4.74 Å². The van der Waals surface area contributed by atoms with Crippen molar-refractivity contribution in [3.63, 3.8) is 0 Å². The van der Waals surface area contributed by atoms with Crippen LogP contribution in [0.3, 0.4) is 0 Å². The minimum absolute atomic E-state index is 0.192. The van der Waals surface area contributed by atoms with Crippen LogP contribution in [0.5, 0.6) is 0 Å². The van der Waals surface area contributed by atoms with Crippen molar-refractivity contribution in [1.82, 2.24) is 4.90 Å². The molecule has 1 aromatic rings. The lowest BCUT2D eigenvalue weighted by Gasteiger charge is -2.30. The molecule has 1 saturated heterocycles. The van der Waals surface area contributed by atoms with Crippen LogP contribution in [0.25, 0.3) is 0 Å². The van der Waals surface area contributed by atoms with E-state index in [0.29, 0.717) is 6.61 Å². The second kappa shape index (κ2) is 7.29. The molecule has 1 amide bonds. The SMILES string of the molecule is COCc1ccccc1NC(C)C(=O)N1CCCCC1. The lowest BCUT2D eigenvalue weighted by atomic mass is 10.1. The predicted molar refractivity (Wildman–Crippen MR) is 80.7 cm³/mol. The molecular weight excluding hydrogens is 252 g/mol. The zero-order valence-corrected chi connectivity index (χ0v) is 12.4. The normalized spacial score (nSPS) is 16.8. The quantitative estimate of drug-likeness (QED) is 0.899. The molecule has 1 aliphatic heterocycles. The van der Waals surface area contributed by atoms with Crippen LogP contribution in [0.15, 0.2) is 24.3 Å². The molecule has 0 spiro atoms. The van der Waals surface area contributed by atoms with Crippen molar-refractivity contribution in [2.24, 2.45) is 0 Å². The standard InChI is InChI=1S/C16H24N2O2/c1-13(16(19)18-10-6-3-7-11-18)17-15-9-5-4-8-14(15)12-20-2/h4-5,8-9,13,17H,3,6-7,10-12H2,1-2H3. The number of amides is 1. The summed E-state index contributed by atoms with van der Waals surface area (Å²) < 4.78 is 5.19. The highest BCUT2D eigenvalue weighted by Crippen LogP contribution is 2.18. The topological polar surface area (TPSA) is 41.6 Å². The van der Waals surface area contributed by atoms with Crippen LogP contribution in [-0.4, -0.2) is 37.0 Å². The van der Waals surface area contributed by atoms with Crippen molar-refractivity contribution in [2.45, 2.75) is 38.8 Å². The first-order chi connectivity index (χ1) is 9.72. The molecule has 0 aliphatic carbocycles. The van der Waals surface area contributed by atoms with Crippen molar-refractivity contribution in [3.05, 3.63) is 29.8 Å². The monoisotopic (exact) mass is 276 g/mol. The number of likely N-dealkylation sites (tertiary alicyclic amines) is 1. The van der Waals surface area contributed by atoms with E-state index in [1.54, 1.807) is 7.11 Å². The number of benzene rings is 1. The van der Waals surface area contributed by atoms with Crippen molar-refractivity contribution in [1.29, 1.82) is 0 Å². The largest absolute Gasteiger partial charge is 0.380 e. The fourth-order valence-electron chi connectivity index (χ4n) is 2.63. The van der Waals surface area contributed by atoms with Crippen LogP contribution < -0.4 is 5.32 Å². The molecule has 110 valence electrons. The first kappa shape index (κ1) is 14.9. The number of methoxy groups -OCH3 is 1. The maximum atomic E-state index is 12.4. The molecule has 1 N–H and O–H groups in total. The molecule has 1 heterocycles. The average molecular weight is 276 g/mol. The van der Waals surface area contributed by atoms with Crippen molar-refractivity contribution >= 4 is 11.6 Å². The highest BCUT2D eigenvalue weighted by Gasteiger charge is 2.22. The van der Waals surface area contributed by atoms with Crippen molar-refractivity contribution in [3.8, 4) is 0 Å². The molecule has 1 aliphatic rings. The highest BCUT2D eigenvalue weighted by molar-refractivity contribution is 5.84. The van der Waals surface area contributed by atoms with Crippen LogP contribution in [0.2, 0.25) is 0 Å². The van der Waals surface area contributed by atoms with Crippen LogP contribution in [0.4, 0.5) is 5.69 Å². The summed E-state index contributed by atoms with van der Waals surface area (Å²) in [6.45, 7) is 4.27. The number of nitrogens with zero attached hydrogens (tertiary/aromatic N) is 1. The molecule has 0 saturated carbocycles. The Morgan fingerprint density at radius 3 is 2.70 bits per heavy atom. The number of carbonyl (C=O) groups excluding carboxylic acids is 1. The second-order valence-electron chi connectivity index (χ2n) is 5.34. The third-order valence-corrected chi connectivity index (χ3v) is 3.73. The molecule has 0 bridgehead atoms. The number of nitrogens with one attached hydrogen (secondary N) is 1. The molecule has 1 atom stereocenters. The van der Waals surface area contributed by atoms with Gasteiger partial charge in [-0.25, -0.2) is 0 Å². The Hall–Kier alpha value is -1.55. The van der Waals surface area contributed by atoms with Gasteiger partial charge < -0.3 is 15.0 Å². The third-order valence-electron chi connectivity index (χ3n) is 3.73. The fraction of sp³-hybridized carbons (Fsp3) is 0.562. The summed E-state index contributed by atoms with van der Waals surface area (Å²) in [5, 5.41) is 3.32. The van der Waals surface area contributed by atoms with Gasteiger partial charge in [0, 0.05) is 31.5 Å². The van der Waals surface area contributed by atoms with Gasteiger partial charge in [0.2, 0.25) is 5.91 Å². The van der Waals surface area contributed by atoms with Gasteiger partial charge >= 0.3 is 0 Å². The lowest BCUT2D eigenvalue weighted by Crippen LogP contribution is -2.44. The van der Waals surface area contributed by atoms with Gasteiger partial charge in [-0.3, -0.25) is 4.79 Å². The van der Waals surface area contributed by atoms with Gasteiger partial charge in [0.15, 0.2) is 0 Å². The van der Waals surface area contributed by atoms with Crippen LogP contribution in [0, 0.1) is 0 Å². The average Bonchev–Trinajstić information content (AvgIpc) is 2.49. The first-order valence-corrected chi connectivity index (χ1v) is 7.34. The molecule has 2 rings (SSSR count). The van der Waals surface area contributed by atoms with E-state index in [2.05, 4.69) is 5.32 Å². The Morgan fingerprint density at radius 1 is 1.30 bits per heavy atom. The van der Waals surface area contributed by atoms with Gasteiger partial charge in [-0.1, -0.05) is 18.2 Å². The molecule has 0 aromatic heterocycles. The first-order valence-electron chi connectivity index (χ1n) is 7.34. The third kappa shape index (κ3) is 3.73. The zero-order valence-electron chi connectivity index (χ0n) is 12.4. The van der Waals surface area contributed by atoms with E-state index in [9.17, 15) is 4.79 Å². The van der Waals surface area contributed by atoms with E-state index >= 15 is 0 Å². The molecular formula is C16H24N2O2. The maximum Gasteiger partial charge on any atom is 0.244 e. The van der Waals surface area contributed by atoms with E-state index in [1.807, 2.05) is 36.1 Å². The van der Waals surface area contributed by atoms with Gasteiger partial charge in [-0.2, -0.15) is 0 Å². The summed E-state index contributed by atoms with van der Waals surface area (Å²) in [4.78, 5) is 14.4. The number of carbonyl (C=O) groups is 1. The van der Waals surface area contributed by atoms with Crippen molar-refractivity contribution in [2.75, 3.05) is 25.5 Å².